The Bertz CT molecular complexity index is 1030. The number of piperidine rings is 1. The minimum atomic E-state index is -3.48. The molecule has 0 radical (unpaired) electrons. The molecule has 8 heteroatoms. The molecule has 0 spiro atoms. The van der Waals surface area contributed by atoms with Crippen LogP contribution >= 0.6 is 0 Å². The second kappa shape index (κ2) is 10.7. The first-order valence-electron chi connectivity index (χ1n) is 11.8. The fourth-order valence-corrected chi connectivity index (χ4v) is 6.18. The van der Waals surface area contributed by atoms with Crippen molar-refractivity contribution in [2.45, 2.75) is 43.0 Å². The molecular weight excluding hydrogens is 438 g/mol. The summed E-state index contributed by atoms with van der Waals surface area (Å²) in [7, 11) is -1.83. The molecular formula is C25H33N3O4S. The topological polar surface area (TPSA) is 78.9 Å². The molecule has 2 saturated heterocycles. The predicted octanol–water partition coefficient (Wildman–Crippen LogP) is 3.44. The number of ether oxygens (including phenoxy) is 1. The number of carbonyl (C=O) groups excluding carboxylic acids is 1. The molecule has 2 heterocycles. The van der Waals surface area contributed by atoms with Crippen molar-refractivity contribution < 1.29 is 17.9 Å². The van der Waals surface area contributed by atoms with E-state index in [4.69, 9.17) is 4.74 Å². The van der Waals surface area contributed by atoms with Crippen LogP contribution in [-0.4, -0.2) is 63.4 Å². The van der Waals surface area contributed by atoms with E-state index in [-0.39, 0.29) is 16.8 Å². The van der Waals surface area contributed by atoms with Crippen LogP contribution in [0.2, 0.25) is 0 Å². The van der Waals surface area contributed by atoms with Crippen molar-refractivity contribution in [2.24, 2.45) is 0 Å². The number of hydrogen-bond donors (Lipinski definition) is 1. The number of nitrogens with zero attached hydrogens (tertiary/aromatic N) is 2. The third-order valence-corrected chi connectivity index (χ3v) is 8.52. The molecule has 1 N–H and O–H groups in total. The number of nitrogens with one attached hydrogen (secondary N) is 1. The Balaban J connectivity index is 1.44. The van der Waals surface area contributed by atoms with Gasteiger partial charge in [0.25, 0.3) is 5.91 Å². The van der Waals surface area contributed by atoms with Crippen molar-refractivity contribution in [3.63, 3.8) is 0 Å². The van der Waals surface area contributed by atoms with E-state index in [0.717, 1.165) is 50.1 Å². The van der Waals surface area contributed by atoms with Gasteiger partial charge in [-0.15, -0.1) is 0 Å². The highest BCUT2D eigenvalue weighted by atomic mass is 32.2. The molecule has 2 fully saturated rings. The highest BCUT2D eigenvalue weighted by molar-refractivity contribution is 7.89. The number of amides is 1. The zero-order valence-corrected chi connectivity index (χ0v) is 20.0. The van der Waals surface area contributed by atoms with Gasteiger partial charge in [-0.1, -0.05) is 18.6 Å². The van der Waals surface area contributed by atoms with Gasteiger partial charge in [-0.3, -0.25) is 9.69 Å². The Labute approximate surface area is 196 Å². The molecule has 2 aliphatic rings. The number of hydrogen-bond acceptors (Lipinski definition) is 5. The number of likely N-dealkylation sites (tertiary alicyclic amines) is 1. The first kappa shape index (κ1) is 23.7. The van der Waals surface area contributed by atoms with Gasteiger partial charge in [-0.2, -0.15) is 4.31 Å². The Morgan fingerprint density at radius 2 is 1.52 bits per heavy atom. The summed E-state index contributed by atoms with van der Waals surface area (Å²) in [4.78, 5) is 15.5. The monoisotopic (exact) mass is 471 g/mol. The van der Waals surface area contributed by atoms with Crippen LogP contribution < -0.4 is 10.1 Å². The number of sulfonamides is 1. The largest absolute Gasteiger partial charge is 0.497 e. The fourth-order valence-electron chi connectivity index (χ4n) is 4.66. The minimum absolute atomic E-state index is 0.0787. The van der Waals surface area contributed by atoms with E-state index in [9.17, 15) is 13.2 Å². The average Bonchev–Trinajstić information content (AvgIpc) is 3.41. The normalized spacial score (nSPS) is 18.7. The zero-order chi connectivity index (χ0) is 23.3. The van der Waals surface area contributed by atoms with E-state index in [2.05, 4.69) is 22.3 Å². The molecule has 4 rings (SSSR count). The van der Waals surface area contributed by atoms with Crippen LogP contribution in [0.1, 0.15) is 54.1 Å². The Morgan fingerprint density at radius 3 is 2.12 bits per heavy atom. The van der Waals surface area contributed by atoms with Gasteiger partial charge in [0.1, 0.15) is 5.75 Å². The highest BCUT2D eigenvalue weighted by Gasteiger charge is 2.27. The molecule has 2 aromatic rings. The molecule has 178 valence electrons. The summed E-state index contributed by atoms with van der Waals surface area (Å²) in [6.45, 7) is 3.63. The van der Waals surface area contributed by atoms with Crippen LogP contribution in [0.5, 0.6) is 5.75 Å². The van der Waals surface area contributed by atoms with Crippen LogP contribution in [0.3, 0.4) is 0 Å². The van der Waals surface area contributed by atoms with Crippen molar-refractivity contribution in [2.75, 3.05) is 39.8 Å². The lowest BCUT2D eigenvalue weighted by Gasteiger charge is -2.35. The van der Waals surface area contributed by atoms with Crippen LogP contribution in [-0.2, 0) is 10.0 Å². The molecule has 7 nitrogen and oxygen atoms in total. The lowest BCUT2D eigenvalue weighted by Crippen LogP contribution is -2.40. The maximum atomic E-state index is 12.9. The Morgan fingerprint density at radius 1 is 0.909 bits per heavy atom. The Kier molecular flexibility index (Phi) is 7.67. The quantitative estimate of drug-likeness (QED) is 0.638. The van der Waals surface area contributed by atoms with E-state index < -0.39 is 10.0 Å². The predicted molar refractivity (Wildman–Crippen MR) is 128 cm³/mol. The molecule has 1 amide bonds. The van der Waals surface area contributed by atoms with Gasteiger partial charge in [-0.25, -0.2) is 8.42 Å². The lowest BCUT2D eigenvalue weighted by atomic mass is 10.0. The van der Waals surface area contributed by atoms with Crippen LogP contribution in [0.15, 0.2) is 53.4 Å². The van der Waals surface area contributed by atoms with Gasteiger partial charge < -0.3 is 10.1 Å². The zero-order valence-electron chi connectivity index (χ0n) is 19.2. The van der Waals surface area contributed by atoms with Crippen molar-refractivity contribution in [1.29, 1.82) is 0 Å². The fraction of sp³-hybridized carbons (Fsp3) is 0.480. The first-order chi connectivity index (χ1) is 16.0. The number of carbonyl (C=O) groups is 1. The average molecular weight is 472 g/mol. The molecule has 0 bridgehead atoms. The second-order valence-corrected chi connectivity index (χ2v) is 10.7. The highest BCUT2D eigenvalue weighted by Crippen LogP contribution is 2.26. The Hall–Kier alpha value is -2.42. The molecule has 0 aliphatic carbocycles. The maximum absolute atomic E-state index is 12.9. The third kappa shape index (κ3) is 5.57. The molecule has 1 atom stereocenters. The SMILES string of the molecule is COc1ccc([C@@H](CNC(=O)c2ccc(S(=O)(=O)N3CCCC3)cc2)N2CCCCC2)cc1. The summed E-state index contributed by atoms with van der Waals surface area (Å²) in [6, 6.07) is 14.4. The molecule has 0 aromatic heterocycles. The lowest BCUT2D eigenvalue weighted by molar-refractivity contribution is 0.0924. The van der Waals surface area contributed by atoms with Crippen molar-refractivity contribution in [1.82, 2.24) is 14.5 Å². The van der Waals surface area contributed by atoms with E-state index >= 15 is 0 Å². The minimum Gasteiger partial charge on any atom is -0.497 e. The van der Waals surface area contributed by atoms with E-state index in [0.29, 0.717) is 25.2 Å². The smallest absolute Gasteiger partial charge is 0.251 e. The van der Waals surface area contributed by atoms with Crippen LogP contribution in [0, 0.1) is 0 Å². The molecule has 0 unspecified atom stereocenters. The van der Waals surface area contributed by atoms with Gasteiger partial charge >= 0.3 is 0 Å². The van der Waals surface area contributed by atoms with E-state index in [1.54, 1.807) is 19.2 Å². The van der Waals surface area contributed by atoms with Crippen molar-refractivity contribution in [3.05, 3.63) is 59.7 Å². The summed E-state index contributed by atoms with van der Waals surface area (Å²) < 4.78 is 32.2. The molecule has 33 heavy (non-hydrogen) atoms. The maximum Gasteiger partial charge on any atom is 0.251 e. The summed E-state index contributed by atoms with van der Waals surface area (Å²) in [5, 5.41) is 3.07. The van der Waals surface area contributed by atoms with Gasteiger partial charge in [0.2, 0.25) is 10.0 Å². The summed E-state index contributed by atoms with van der Waals surface area (Å²) >= 11 is 0. The van der Waals surface area contributed by atoms with E-state index in [1.165, 1.54) is 22.9 Å². The molecule has 2 aromatic carbocycles. The third-order valence-electron chi connectivity index (χ3n) is 6.61. The summed E-state index contributed by atoms with van der Waals surface area (Å²) in [5.74, 6) is 0.611. The summed E-state index contributed by atoms with van der Waals surface area (Å²) in [5.41, 5.74) is 1.60. The van der Waals surface area contributed by atoms with Crippen molar-refractivity contribution in [3.8, 4) is 5.75 Å². The van der Waals surface area contributed by atoms with Gasteiger partial charge in [0, 0.05) is 25.2 Å². The van der Waals surface area contributed by atoms with Gasteiger partial charge in [-0.05, 0) is 80.7 Å². The van der Waals surface area contributed by atoms with Crippen molar-refractivity contribution >= 4 is 15.9 Å². The molecule has 0 saturated carbocycles. The number of rotatable bonds is 8. The van der Waals surface area contributed by atoms with Gasteiger partial charge in [0.15, 0.2) is 0 Å². The van der Waals surface area contributed by atoms with Crippen LogP contribution in [0.4, 0.5) is 0 Å². The van der Waals surface area contributed by atoms with Gasteiger partial charge in [0.05, 0.1) is 18.0 Å². The number of benzene rings is 2. The first-order valence-corrected chi connectivity index (χ1v) is 13.2. The van der Waals surface area contributed by atoms with Crippen LogP contribution in [0.25, 0.3) is 0 Å². The molecule has 2 aliphatic heterocycles. The number of methoxy groups -OCH3 is 1. The summed E-state index contributed by atoms with van der Waals surface area (Å²) in [6.07, 6.45) is 5.35. The standard InChI is InChI=1S/C25H33N3O4S/c1-32-22-11-7-20(8-12-22)24(27-15-3-2-4-16-27)19-26-25(29)21-9-13-23(14-10-21)33(30,31)28-17-5-6-18-28/h7-14,24H,2-6,15-19H2,1H3,(H,26,29)/t24-/m1/s1. The second-order valence-electron chi connectivity index (χ2n) is 8.73. The van der Waals surface area contributed by atoms with E-state index in [1.807, 2.05) is 12.1 Å².